The molecule has 1 saturated heterocycles. The van der Waals surface area contributed by atoms with Crippen LogP contribution in [0.2, 0.25) is 0 Å². The number of amides is 2. The van der Waals surface area contributed by atoms with Gasteiger partial charge in [0.2, 0.25) is 11.8 Å². The quantitative estimate of drug-likeness (QED) is 0.903. The normalized spacial score (nSPS) is 21.7. The number of nitrogens with zero attached hydrogens (tertiary/aromatic N) is 2. The molecule has 0 spiro atoms. The summed E-state index contributed by atoms with van der Waals surface area (Å²) >= 11 is 0. The van der Waals surface area contributed by atoms with Crippen LogP contribution in [0.4, 0.5) is 11.4 Å². The van der Waals surface area contributed by atoms with Gasteiger partial charge in [-0.3, -0.25) is 14.5 Å². The number of benzene rings is 1. The van der Waals surface area contributed by atoms with Crippen molar-refractivity contribution in [3.05, 3.63) is 24.3 Å². The number of nitrogens with one attached hydrogen (secondary N) is 1. The van der Waals surface area contributed by atoms with Crippen LogP contribution in [0.3, 0.4) is 0 Å². The Bertz CT molecular complexity index is 610. The summed E-state index contributed by atoms with van der Waals surface area (Å²) in [4.78, 5) is 28.3. The molecule has 1 N–H and O–H groups in total. The zero-order valence-corrected chi connectivity index (χ0v) is 14.6. The van der Waals surface area contributed by atoms with Crippen molar-refractivity contribution in [2.75, 3.05) is 23.8 Å². The number of hydrogen-bond donors (Lipinski definition) is 1. The molecule has 1 aliphatic carbocycles. The lowest BCUT2D eigenvalue weighted by molar-refractivity contribution is -0.118. The maximum absolute atomic E-state index is 12.3. The largest absolute Gasteiger partial charge is 0.325 e. The van der Waals surface area contributed by atoms with E-state index in [0.29, 0.717) is 19.0 Å². The monoisotopic (exact) mass is 329 g/mol. The molecular weight excluding hydrogens is 302 g/mol. The fraction of sp³-hybridized carbons (Fsp3) is 0.579. The maximum Gasteiger partial charge on any atom is 0.238 e. The standard InChI is InChI=1S/C19H27N3O2/c1-14-10-11-19(24)22(14)17-9-5-6-15(12-17)20-18(23)13-21(2)16-7-3-4-8-16/h5-6,9,12,14,16H,3-4,7-8,10-11,13H2,1-2H3,(H,20,23). The Morgan fingerprint density at radius 3 is 2.71 bits per heavy atom. The number of carbonyl (C=O) groups is 2. The molecule has 24 heavy (non-hydrogen) atoms. The van der Waals surface area contributed by atoms with E-state index in [2.05, 4.69) is 17.1 Å². The van der Waals surface area contributed by atoms with Gasteiger partial charge in [0.25, 0.3) is 0 Å². The Hall–Kier alpha value is -1.88. The Balaban J connectivity index is 1.61. The van der Waals surface area contributed by atoms with Gasteiger partial charge in [0.15, 0.2) is 0 Å². The maximum atomic E-state index is 12.3. The van der Waals surface area contributed by atoms with E-state index < -0.39 is 0 Å². The predicted molar refractivity (Wildman–Crippen MR) is 96.1 cm³/mol. The summed E-state index contributed by atoms with van der Waals surface area (Å²) in [6.45, 7) is 2.47. The lowest BCUT2D eigenvalue weighted by atomic mass is 10.2. The van der Waals surface area contributed by atoms with Crippen LogP contribution in [0, 0.1) is 0 Å². The van der Waals surface area contributed by atoms with Crippen molar-refractivity contribution in [3.8, 4) is 0 Å². The molecule has 1 aliphatic heterocycles. The second-order valence-corrected chi connectivity index (χ2v) is 7.10. The second kappa shape index (κ2) is 7.34. The first kappa shape index (κ1) is 17.0. The first-order chi connectivity index (χ1) is 11.5. The average Bonchev–Trinajstić information content (AvgIpc) is 3.18. The molecule has 1 unspecified atom stereocenters. The van der Waals surface area contributed by atoms with Crippen molar-refractivity contribution in [2.45, 2.75) is 57.5 Å². The highest BCUT2D eigenvalue weighted by molar-refractivity contribution is 5.97. The highest BCUT2D eigenvalue weighted by Gasteiger charge is 2.29. The molecule has 5 heteroatoms. The van der Waals surface area contributed by atoms with Gasteiger partial charge in [-0.1, -0.05) is 18.9 Å². The number of hydrogen-bond acceptors (Lipinski definition) is 3. The molecule has 0 bridgehead atoms. The van der Waals surface area contributed by atoms with Gasteiger partial charge in [0.05, 0.1) is 6.54 Å². The third kappa shape index (κ3) is 3.78. The van der Waals surface area contributed by atoms with Crippen LogP contribution >= 0.6 is 0 Å². The molecule has 2 amide bonds. The van der Waals surface area contributed by atoms with E-state index in [4.69, 9.17) is 0 Å². The number of anilines is 2. The topological polar surface area (TPSA) is 52.7 Å². The predicted octanol–water partition coefficient (Wildman–Crippen LogP) is 3.01. The van der Waals surface area contributed by atoms with Gasteiger partial charge in [-0.2, -0.15) is 0 Å². The van der Waals surface area contributed by atoms with Crippen molar-refractivity contribution in [3.63, 3.8) is 0 Å². The van der Waals surface area contributed by atoms with Crippen molar-refractivity contribution in [2.24, 2.45) is 0 Å². The first-order valence-electron chi connectivity index (χ1n) is 8.97. The molecule has 1 heterocycles. The van der Waals surface area contributed by atoms with Gasteiger partial charge in [-0.15, -0.1) is 0 Å². The lowest BCUT2D eigenvalue weighted by Gasteiger charge is -2.24. The van der Waals surface area contributed by atoms with E-state index >= 15 is 0 Å². The van der Waals surface area contributed by atoms with E-state index in [-0.39, 0.29) is 17.9 Å². The van der Waals surface area contributed by atoms with Gasteiger partial charge in [0.1, 0.15) is 0 Å². The molecule has 0 aromatic heterocycles. The number of carbonyl (C=O) groups excluding carboxylic acids is 2. The van der Waals surface area contributed by atoms with Crippen LogP contribution in [0.25, 0.3) is 0 Å². The summed E-state index contributed by atoms with van der Waals surface area (Å²) in [6, 6.07) is 8.35. The number of rotatable bonds is 5. The Labute approximate surface area is 144 Å². The second-order valence-electron chi connectivity index (χ2n) is 7.10. The third-order valence-electron chi connectivity index (χ3n) is 5.23. The minimum Gasteiger partial charge on any atom is -0.325 e. The van der Waals surface area contributed by atoms with Gasteiger partial charge in [-0.25, -0.2) is 0 Å². The van der Waals surface area contributed by atoms with Gasteiger partial charge >= 0.3 is 0 Å². The van der Waals surface area contributed by atoms with Crippen LogP contribution in [0.15, 0.2) is 24.3 Å². The summed E-state index contributed by atoms with van der Waals surface area (Å²) < 4.78 is 0. The zero-order chi connectivity index (χ0) is 17.1. The van der Waals surface area contributed by atoms with Crippen molar-refractivity contribution in [1.29, 1.82) is 0 Å². The summed E-state index contributed by atoms with van der Waals surface area (Å²) in [5.41, 5.74) is 1.62. The molecule has 5 nitrogen and oxygen atoms in total. The fourth-order valence-electron chi connectivity index (χ4n) is 3.86. The summed E-state index contributed by atoms with van der Waals surface area (Å²) in [5, 5.41) is 2.97. The zero-order valence-electron chi connectivity index (χ0n) is 14.6. The van der Waals surface area contributed by atoms with Crippen LogP contribution in [0.5, 0.6) is 0 Å². The summed E-state index contributed by atoms with van der Waals surface area (Å²) in [6.07, 6.45) is 6.40. The molecule has 1 aromatic rings. The van der Waals surface area contributed by atoms with Gasteiger partial charge in [-0.05, 0) is 51.4 Å². The molecule has 1 atom stereocenters. The van der Waals surface area contributed by atoms with Crippen molar-refractivity contribution < 1.29 is 9.59 Å². The highest BCUT2D eigenvalue weighted by Crippen LogP contribution is 2.28. The molecule has 2 aliphatic rings. The highest BCUT2D eigenvalue weighted by atomic mass is 16.2. The number of likely N-dealkylation sites (N-methyl/N-ethyl adjacent to an activating group) is 1. The van der Waals surface area contributed by atoms with Gasteiger partial charge < -0.3 is 10.2 Å². The Kier molecular flexibility index (Phi) is 5.19. The van der Waals surface area contributed by atoms with E-state index in [1.807, 2.05) is 36.2 Å². The minimum absolute atomic E-state index is 0.00217. The molecular formula is C19H27N3O2. The van der Waals surface area contributed by atoms with Crippen LogP contribution in [0.1, 0.15) is 45.4 Å². The van der Waals surface area contributed by atoms with Crippen LogP contribution in [-0.4, -0.2) is 42.4 Å². The van der Waals surface area contributed by atoms with Crippen LogP contribution in [-0.2, 0) is 9.59 Å². The SMILES string of the molecule is CC1CCC(=O)N1c1cccc(NC(=O)CN(C)C2CCCC2)c1. The van der Waals surface area contributed by atoms with E-state index in [9.17, 15) is 9.59 Å². The van der Waals surface area contributed by atoms with E-state index in [1.165, 1.54) is 25.7 Å². The molecule has 130 valence electrons. The average molecular weight is 329 g/mol. The van der Waals surface area contributed by atoms with Crippen molar-refractivity contribution in [1.82, 2.24) is 4.90 Å². The Morgan fingerprint density at radius 2 is 2.04 bits per heavy atom. The smallest absolute Gasteiger partial charge is 0.238 e. The van der Waals surface area contributed by atoms with Crippen LogP contribution < -0.4 is 10.2 Å². The van der Waals surface area contributed by atoms with Gasteiger partial charge in [0, 0.05) is 29.9 Å². The lowest BCUT2D eigenvalue weighted by Crippen LogP contribution is -2.36. The van der Waals surface area contributed by atoms with E-state index in [0.717, 1.165) is 17.8 Å². The molecule has 1 saturated carbocycles. The van der Waals surface area contributed by atoms with Crippen molar-refractivity contribution >= 4 is 23.2 Å². The van der Waals surface area contributed by atoms with E-state index in [1.54, 1.807) is 0 Å². The third-order valence-corrected chi connectivity index (χ3v) is 5.23. The fourth-order valence-corrected chi connectivity index (χ4v) is 3.86. The first-order valence-corrected chi connectivity index (χ1v) is 8.97. The molecule has 3 rings (SSSR count). The molecule has 0 radical (unpaired) electrons. The summed E-state index contributed by atoms with van der Waals surface area (Å²) in [7, 11) is 2.02. The summed E-state index contributed by atoms with van der Waals surface area (Å²) in [5.74, 6) is 0.161. The molecule has 1 aromatic carbocycles. The molecule has 2 fully saturated rings. The Morgan fingerprint density at radius 1 is 1.29 bits per heavy atom. The minimum atomic E-state index is 0.00217.